The summed E-state index contributed by atoms with van der Waals surface area (Å²) in [7, 11) is 0. The van der Waals surface area contributed by atoms with Gasteiger partial charge in [-0.3, -0.25) is 4.79 Å². The van der Waals surface area contributed by atoms with Gasteiger partial charge in [0.1, 0.15) is 12.4 Å². The molecule has 198 valence electrons. The molecule has 0 spiro atoms. The molecule has 1 amide bonds. The lowest BCUT2D eigenvalue weighted by molar-refractivity contribution is -0.139. The number of hydrogen-bond donors (Lipinski definition) is 0. The van der Waals surface area contributed by atoms with Crippen LogP contribution in [-0.2, 0) is 22.7 Å². The Morgan fingerprint density at radius 2 is 1.65 bits per heavy atom. The Balaban J connectivity index is 1.60. The molecule has 1 aliphatic heterocycles. The van der Waals surface area contributed by atoms with Crippen LogP contribution in [0.15, 0.2) is 60.7 Å². The van der Waals surface area contributed by atoms with Gasteiger partial charge >= 0.3 is 0 Å². The second-order valence-electron chi connectivity index (χ2n) is 9.81. The van der Waals surface area contributed by atoms with Crippen molar-refractivity contribution in [2.24, 2.45) is 0 Å². The number of piperazine rings is 1. The molecule has 3 aromatic rings. The lowest BCUT2D eigenvalue weighted by Crippen LogP contribution is -2.47. The first-order valence-corrected chi connectivity index (χ1v) is 13.5. The van der Waals surface area contributed by atoms with Crippen LogP contribution in [0, 0.1) is 6.92 Å². The Hall–Kier alpha value is -3.16. The van der Waals surface area contributed by atoms with Crippen molar-refractivity contribution in [3.8, 4) is 5.69 Å². The van der Waals surface area contributed by atoms with Gasteiger partial charge in [0.25, 0.3) is 0 Å². The van der Waals surface area contributed by atoms with Crippen molar-refractivity contribution in [2.75, 3.05) is 44.2 Å². The monoisotopic (exact) mass is 503 g/mol. The zero-order valence-electron chi connectivity index (χ0n) is 22.8. The molecule has 7 nitrogen and oxygen atoms in total. The van der Waals surface area contributed by atoms with E-state index < -0.39 is 0 Å². The van der Waals surface area contributed by atoms with E-state index in [1.54, 1.807) is 0 Å². The highest BCUT2D eigenvalue weighted by Gasteiger charge is 2.29. The molecule has 0 radical (unpaired) electrons. The number of benzene rings is 2. The first-order chi connectivity index (χ1) is 18.0. The first-order valence-electron chi connectivity index (χ1n) is 13.5. The van der Waals surface area contributed by atoms with Gasteiger partial charge in [0.05, 0.1) is 24.5 Å². The number of carbonyl (C=O) groups is 1. The van der Waals surface area contributed by atoms with Crippen LogP contribution in [0.1, 0.15) is 44.0 Å². The number of nitrogens with zero attached hydrogens (tertiary/aromatic N) is 5. The van der Waals surface area contributed by atoms with Gasteiger partial charge in [-0.25, -0.2) is 4.68 Å². The van der Waals surface area contributed by atoms with E-state index in [0.717, 1.165) is 67.5 Å². The lowest BCUT2D eigenvalue weighted by atomic mass is 10.1. The zero-order chi connectivity index (χ0) is 26.2. The highest BCUT2D eigenvalue weighted by atomic mass is 16.5. The number of ether oxygens (including phenoxy) is 1. The van der Waals surface area contributed by atoms with E-state index in [2.05, 4.69) is 54.3 Å². The second kappa shape index (κ2) is 12.9. The van der Waals surface area contributed by atoms with Crippen molar-refractivity contribution in [3.05, 3.63) is 77.5 Å². The zero-order valence-corrected chi connectivity index (χ0v) is 22.8. The fraction of sp³-hybridized carbons (Fsp3) is 0.467. The van der Waals surface area contributed by atoms with Gasteiger partial charge in [-0.05, 0) is 44.5 Å². The molecular formula is C30H41N5O2. The number of para-hydroxylation sites is 1. The molecule has 1 fully saturated rings. The SMILES string of the molecule is CCC(C)N(Cc1c(C)nn(-c2ccccc2)c1N1CCN(CC)CC1)C(=O)COCc1ccccc1. The minimum Gasteiger partial charge on any atom is -0.367 e. The van der Waals surface area contributed by atoms with Crippen LogP contribution in [-0.4, -0.2) is 70.9 Å². The van der Waals surface area contributed by atoms with Crippen LogP contribution in [0.5, 0.6) is 0 Å². The highest BCUT2D eigenvalue weighted by molar-refractivity contribution is 5.78. The van der Waals surface area contributed by atoms with E-state index in [9.17, 15) is 4.79 Å². The molecule has 1 aliphatic rings. The largest absolute Gasteiger partial charge is 0.367 e. The van der Waals surface area contributed by atoms with Crippen LogP contribution in [0.2, 0.25) is 0 Å². The average Bonchev–Trinajstić information content (AvgIpc) is 3.27. The third-order valence-corrected chi connectivity index (χ3v) is 7.39. The number of amides is 1. The summed E-state index contributed by atoms with van der Waals surface area (Å²) in [5, 5.41) is 4.99. The maximum Gasteiger partial charge on any atom is 0.249 e. The second-order valence-corrected chi connectivity index (χ2v) is 9.81. The van der Waals surface area contributed by atoms with E-state index in [0.29, 0.717) is 13.2 Å². The summed E-state index contributed by atoms with van der Waals surface area (Å²) in [5.41, 5.74) is 4.19. The van der Waals surface area contributed by atoms with Gasteiger partial charge in [0.2, 0.25) is 5.91 Å². The summed E-state index contributed by atoms with van der Waals surface area (Å²) in [5.74, 6) is 1.12. The molecule has 7 heteroatoms. The van der Waals surface area contributed by atoms with E-state index in [1.165, 1.54) is 0 Å². The molecule has 0 bridgehead atoms. The number of aryl methyl sites for hydroxylation is 1. The molecule has 2 aromatic carbocycles. The van der Waals surface area contributed by atoms with Crippen molar-refractivity contribution >= 4 is 11.7 Å². The molecule has 1 aromatic heterocycles. The Kier molecular flexibility index (Phi) is 9.36. The predicted octanol–water partition coefficient (Wildman–Crippen LogP) is 4.67. The number of rotatable bonds is 11. The van der Waals surface area contributed by atoms with Gasteiger partial charge in [0.15, 0.2) is 0 Å². The number of likely N-dealkylation sites (N-methyl/N-ethyl adjacent to an activating group) is 1. The number of hydrogen-bond acceptors (Lipinski definition) is 5. The van der Waals surface area contributed by atoms with Gasteiger partial charge in [-0.2, -0.15) is 5.10 Å². The van der Waals surface area contributed by atoms with Crippen LogP contribution >= 0.6 is 0 Å². The van der Waals surface area contributed by atoms with Crippen molar-refractivity contribution in [2.45, 2.75) is 53.3 Å². The number of carbonyl (C=O) groups excluding carboxylic acids is 1. The van der Waals surface area contributed by atoms with E-state index in [1.807, 2.05) is 53.4 Å². The molecule has 0 N–H and O–H groups in total. The summed E-state index contributed by atoms with van der Waals surface area (Å²) in [6, 6.07) is 20.4. The number of aromatic nitrogens is 2. The summed E-state index contributed by atoms with van der Waals surface area (Å²) in [6.07, 6.45) is 0.876. The maximum atomic E-state index is 13.4. The van der Waals surface area contributed by atoms with E-state index in [4.69, 9.17) is 9.84 Å². The van der Waals surface area contributed by atoms with Gasteiger partial charge in [-0.15, -0.1) is 0 Å². The standard InChI is InChI=1S/C30H41N5O2/c1-5-24(3)34(29(36)23-37-22-26-13-9-7-10-14-26)21-28-25(4)31-35(27-15-11-8-12-16-27)30(28)33-19-17-32(6-2)18-20-33/h7-16,24H,5-6,17-23H2,1-4H3. The summed E-state index contributed by atoms with van der Waals surface area (Å²) in [6.45, 7) is 14.5. The normalized spacial score (nSPS) is 15.1. The average molecular weight is 504 g/mol. The third-order valence-electron chi connectivity index (χ3n) is 7.39. The molecule has 1 atom stereocenters. The van der Waals surface area contributed by atoms with E-state index in [-0.39, 0.29) is 18.6 Å². The highest BCUT2D eigenvalue weighted by Crippen LogP contribution is 2.30. The molecule has 0 aliphatic carbocycles. The quantitative estimate of drug-likeness (QED) is 0.381. The van der Waals surface area contributed by atoms with Crippen LogP contribution < -0.4 is 4.90 Å². The molecule has 2 heterocycles. The first kappa shape index (κ1) is 26.9. The van der Waals surface area contributed by atoms with Crippen LogP contribution in [0.4, 0.5) is 5.82 Å². The van der Waals surface area contributed by atoms with Crippen LogP contribution in [0.3, 0.4) is 0 Å². The molecule has 1 saturated heterocycles. The Bertz CT molecular complexity index is 1120. The smallest absolute Gasteiger partial charge is 0.249 e. The fourth-order valence-corrected chi connectivity index (χ4v) is 4.88. The molecule has 37 heavy (non-hydrogen) atoms. The Morgan fingerprint density at radius 3 is 2.27 bits per heavy atom. The molecule has 1 unspecified atom stereocenters. The topological polar surface area (TPSA) is 53.8 Å². The maximum absolute atomic E-state index is 13.4. The summed E-state index contributed by atoms with van der Waals surface area (Å²) < 4.78 is 7.91. The molecule has 4 rings (SSSR count). The van der Waals surface area contributed by atoms with Crippen molar-refractivity contribution in [3.63, 3.8) is 0 Å². The molecule has 0 saturated carbocycles. The fourth-order valence-electron chi connectivity index (χ4n) is 4.88. The van der Waals surface area contributed by atoms with Gasteiger partial charge < -0.3 is 19.4 Å². The summed E-state index contributed by atoms with van der Waals surface area (Å²) >= 11 is 0. The lowest BCUT2D eigenvalue weighted by Gasteiger charge is -2.37. The Morgan fingerprint density at radius 1 is 1.00 bits per heavy atom. The molecular weight excluding hydrogens is 462 g/mol. The third kappa shape index (κ3) is 6.59. The van der Waals surface area contributed by atoms with Gasteiger partial charge in [0, 0.05) is 37.8 Å². The minimum absolute atomic E-state index is 0.0129. The van der Waals surface area contributed by atoms with Crippen molar-refractivity contribution in [1.29, 1.82) is 0 Å². The van der Waals surface area contributed by atoms with Crippen molar-refractivity contribution in [1.82, 2.24) is 19.6 Å². The minimum atomic E-state index is 0.0129. The van der Waals surface area contributed by atoms with Gasteiger partial charge in [-0.1, -0.05) is 62.4 Å². The van der Waals surface area contributed by atoms with Crippen molar-refractivity contribution < 1.29 is 9.53 Å². The Labute approximate surface area is 221 Å². The predicted molar refractivity (Wildman–Crippen MR) is 149 cm³/mol. The van der Waals surface area contributed by atoms with Crippen LogP contribution in [0.25, 0.3) is 5.69 Å². The summed E-state index contributed by atoms with van der Waals surface area (Å²) in [4.78, 5) is 20.3. The number of anilines is 1. The van der Waals surface area contributed by atoms with E-state index >= 15 is 0 Å².